The number of nitrogens with one attached hydrogen (secondary N) is 2. The Kier molecular flexibility index (Phi) is 7.05. The molecule has 0 fully saturated rings. The van der Waals surface area contributed by atoms with E-state index in [0.29, 0.717) is 12.1 Å². The van der Waals surface area contributed by atoms with E-state index in [2.05, 4.69) is 15.6 Å². The molecule has 8 heteroatoms. The first-order valence-corrected chi connectivity index (χ1v) is 12.4. The van der Waals surface area contributed by atoms with Crippen molar-refractivity contribution in [3.63, 3.8) is 0 Å². The van der Waals surface area contributed by atoms with Gasteiger partial charge in [0.25, 0.3) is 0 Å². The highest BCUT2D eigenvalue weighted by molar-refractivity contribution is 7.15. The van der Waals surface area contributed by atoms with Gasteiger partial charge in [-0.15, -0.1) is 11.3 Å². The highest BCUT2D eigenvalue weighted by Crippen LogP contribution is 2.23. The molecule has 3 aromatic carbocycles. The molecule has 0 bridgehead atoms. The Balaban J connectivity index is 1.25. The summed E-state index contributed by atoms with van der Waals surface area (Å²) in [4.78, 5) is 31.2. The number of imidazole rings is 1. The minimum atomic E-state index is -0.810. The molecule has 2 N–H and O–H groups in total. The Bertz CT molecular complexity index is 1420. The average molecular weight is 497 g/mol. The summed E-state index contributed by atoms with van der Waals surface area (Å²) < 4.78 is 7.32. The second-order valence-corrected chi connectivity index (χ2v) is 9.11. The van der Waals surface area contributed by atoms with Gasteiger partial charge in [-0.25, -0.2) is 9.78 Å². The number of thiazole rings is 1. The van der Waals surface area contributed by atoms with Crippen molar-refractivity contribution in [1.29, 1.82) is 0 Å². The summed E-state index contributed by atoms with van der Waals surface area (Å²) in [6.07, 6.45) is 3.62. The van der Waals surface area contributed by atoms with Crippen LogP contribution in [0.15, 0.2) is 103 Å². The number of ether oxygens (including phenoxy) is 1. The van der Waals surface area contributed by atoms with Crippen LogP contribution in [0.4, 0.5) is 10.5 Å². The van der Waals surface area contributed by atoms with Gasteiger partial charge in [0, 0.05) is 35.4 Å². The SMILES string of the molecule is O=C(N[C@H](Cc1ccccc1)C(=O)Nc1ccc(-c2cn3ccsc3n2)cc1)OCc1ccccc1. The van der Waals surface area contributed by atoms with Gasteiger partial charge in [0.2, 0.25) is 5.91 Å². The van der Waals surface area contributed by atoms with Crippen LogP contribution in [-0.2, 0) is 22.6 Å². The minimum Gasteiger partial charge on any atom is -0.445 e. The summed E-state index contributed by atoms with van der Waals surface area (Å²) in [5.41, 5.74) is 4.24. The highest BCUT2D eigenvalue weighted by Gasteiger charge is 2.22. The average Bonchev–Trinajstić information content (AvgIpc) is 3.52. The molecule has 0 unspecified atom stereocenters. The van der Waals surface area contributed by atoms with Crippen LogP contribution in [0.5, 0.6) is 0 Å². The van der Waals surface area contributed by atoms with Crippen molar-refractivity contribution < 1.29 is 14.3 Å². The largest absolute Gasteiger partial charge is 0.445 e. The first kappa shape index (κ1) is 23.3. The quantitative estimate of drug-likeness (QED) is 0.295. The van der Waals surface area contributed by atoms with Gasteiger partial charge < -0.3 is 15.4 Å². The fraction of sp³-hybridized carbons (Fsp3) is 0.107. The third-order valence-corrected chi connectivity index (χ3v) is 6.42. The lowest BCUT2D eigenvalue weighted by Gasteiger charge is -2.19. The van der Waals surface area contributed by atoms with Crippen LogP contribution in [-0.4, -0.2) is 27.4 Å². The van der Waals surface area contributed by atoms with Crippen molar-refractivity contribution in [2.24, 2.45) is 0 Å². The lowest BCUT2D eigenvalue weighted by molar-refractivity contribution is -0.118. The Hall–Kier alpha value is -4.43. The minimum absolute atomic E-state index is 0.125. The molecule has 0 aliphatic rings. The zero-order valence-electron chi connectivity index (χ0n) is 19.3. The molecule has 0 aliphatic carbocycles. The first-order chi connectivity index (χ1) is 17.6. The molecular formula is C28H24N4O3S. The summed E-state index contributed by atoms with van der Waals surface area (Å²) >= 11 is 1.58. The summed E-state index contributed by atoms with van der Waals surface area (Å²) in [6.45, 7) is 0.125. The number of nitrogens with zero attached hydrogens (tertiary/aromatic N) is 2. The number of carbonyl (C=O) groups excluding carboxylic acids is 2. The van der Waals surface area contributed by atoms with Crippen LogP contribution in [0.3, 0.4) is 0 Å². The smallest absolute Gasteiger partial charge is 0.408 e. The molecule has 5 aromatic rings. The van der Waals surface area contributed by atoms with E-state index in [1.165, 1.54) is 0 Å². The maximum atomic E-state index is 13.2. The molecule has 180 valence electrons. The van der Waals surface area contributed by atoms with Crippen molar-refractivity contribution in [2.45, 2.75) is 19.1 Å². The Morgan fingerprint density at radius 1 is 0.917 bits per heavy atom. The monoisotopic (exact) mass is 496 g/mol. The molecule has 0 aliphatic heterocycles. The van der Waals surface area contributed by atoms with Gasteiger partial charge in [0.05, 0.1) is 5.69 Å². The summed E-state index contributed by atoms with van der Waals surface area (Å²) in [5, 5.41) is 7.62. The fourth-order valence-corrected chi connectivity index (χ4v) is 4.49. The predicted molar refractivity (Wildman–Crippen MR) is 141 cm³/mol. The van der Waals surface area contributed by atoms with Gasteiger partial charge in [-0.1, -0.05) is 72.8 Å². The number of hydrogen-bond donors (Lipinski definition) is 2. The lowest BCUT2D eigenvalue weighted by Crippen LogP contribution is -2.45. The molecule has 0 saturated heterocycles. The molecule has 0 saturated carbocycles. The van der Waals surface area contributed by atoms with Gasteiger partial charge >= 0.3 is 6.09 Å². The van der Waals surface area contributed by atoms with Crippen molar-refractivity contribution in [3.05, 3.63) is 114 Å². The second-order valence-electron chi connectivity index (χ2n) is 8.23. The second kappa shape index (κ2) is 10.9. The zero-order valence-corrected chi connectivity index (χ0v) is 20.2. The molecule has 2 heterocycles. The Morgan fingerprint density at radius 3 is 2.31 bits per heavy atom. The number of rotatable bonds is 8. The molecule has 7 nitrogen and oxygen atoms in total. The third-order valence-electron chi connectivity index (χ3n) is 5.65. The van der Waals surface area contributed by atoms with E-state index in [1.54, 1.807) is 11.3 Å². The van der Waals surface area contributed by atoms with Crippen LogP contribution in [0.1, 0.15) is 11.1 Å². The number of fused-ring (bicyclic) bond motifs is 1. The first-order valence-electron chi connectivity index (χ1n) is 11.5. The number of alkyl carbamates (subject to hydrolysis) is 1. The number of hydrogen-bond acceptors (Lipinski definition) is 5. The maximum Gasteiger partial charge on any atom is 0.408 e. The summed E-state index contributed by atoms with van der Waals surface area (Å²) in [6, 6.07) is 25.6. The van der Waals surface area contributed by atoms with Gasteiger partial charge in [0.1, 0.15) is 12.6 Å². The van der Waals surface area contributed by atoms with Crippen LogP contribution < -0.4 is 10.6 Å². The number of carbonyl (C=O) groups is 2. The number of anilines is 1. The van der Waals surface area contributed by atoms with Crippen LogP contribution in [0.25, 0.3) is 16.2 Å². The molecule has 1 atom stereocenters. The van der Waals surface area contributed by atoms with Gasteiger partial charge in [-0.3, -0.25) is 9.20 Å². The lowest BCUT2D eigenvalue weighted by atomic mass is 10.1. The van der Waals surface area contributed by atoms with Gasteiger partial charge in [-0.05, 0) is 23.3 Å². The molecule has 2 amide bonds. The van der Waals surface area contributed by atoms with Gasteiger partial charge in [0.15, 0.2) is 4.96 Å². The van der Waals surface area contributed by atoms with E-state index in [-0.39, 0.29) is 12.5 Å². The topological polar surface area (TPSA) is 84.7 Å². The van der Waals surface area contributed by atoms with E-state index in [1.807, 2.05) is 107 Å². The normalized spacial score (nSPS) is 11.7. The van der Waals surface area contributed by atoms with Crippen molar-refractivity contribution in [1.82, 2.24) is 14.7 Å². The summed E-state index contributed by atoms with van der Waals surface area (Å²) in [5.74, 6) is -0.328. The highest BCUT2D eigenvalue weighted by atomic mass is 32.1. The fourth-order valence-electron chi connectivity index (χ4n) is 3.79. The maximum absolute atomic E-state index is 13.2. The van der Waals surface area contributed by atoms with Crippen molar-refractivity contribution in [3.8, 4) is 11.3 Å². The van der Waals surface area contributed by atoms with Crippen molar-refractivity contribution >= 4 is 34.0 Å². The zero-order chi connectivity index (χ0) is 24.7. The van der Waals surface area contributed by atoms with E-state index in [9.17, 15) is 9.59 Å². The van der Waals surface area contributed by atoms with E-state index >= 15 is 0 Å². The van der Waals surface area contributed by atoms with Crippen molar-refractivity contribution in [2.75, 3.05) is 5.32 Å². The van der Waals surface area contributed by atoms with E-state index in [4.69, 9.17) is 4.74 Å². The van der Waals surface area contributed by atoms with Crippen LogP contribution >= 0.6 is 11.3 Å². The Labute approximate surface area is 212 Å². The molecule has 5 rings (SSSR count). The number of amides is 2. The van der Waals surface area contributed by atoms with Crippen LogP contribution in [0.2, 0.25) is 0 Å². The molecule has 0 radical (unpaired) electrons. The molecule has 36 heavy (non-hydrogen) atoms. The Morgan fingerprint density at radius 2 is 1.61 bits per heavy atom. The van der Waals surface area contributed by atoms with Gasteiger partial charge in [-0.2, -0.15) is 0 Å². The summed E-state index contributed by atoms with van der Waals surface area (Å²) in [7, 11) is 0. The molecular weight excluding hydrogens is 472 g/mol. The van der Waals surface area contributed by atoms with Crippen LogP contribution in [0, 0.1) is 0 Å². The standard InChI is InChI=1S/C28H24N4O3S/c33-26(29-23-13-11-22(12-14-23)25-18-32-15-16-36-27(32)30-25)24(17-20-7-3-1-4-8-20)31-28(34)35-19-21-9-5-2-6-10-21/h1-16,18,24H,17,19H2,(H,29,33)(H,31,34)/t24-/m1/s1. The number of benzene rings is 3. The number of aromatic nitrogens is 2. The molecule has 0 spiro atoms. The third kappa shape index (κ3) is 5.79. The van der Waals surface area contributed by atoms with E-state index < -0.39 is 12.1 Å². The predicted octanol–water partition coefficient (Wildman–Crippen LogP) is 5.54. The molecule has 2 aromatic heterocycles. The van der Waals surface area contributed by atoms with E-state index in [0.717, 1.165) is 27.3 Å².